The Kier molecular flexibility index (Phi) is 4.15. The summed E-state index contributed by atoms with van der Waals surface area (Å²) >= 11 is 5.95. The van der Waals surface area contributed by atoms with Crippen LogP contribution in [-0.4, -0.2) is 40.1 Å². The highest BCUT2D eigenvalue weighted by Gasteiger charge is 2.41. The van der Waals surface area contributed by atoms with Crippen molar-refractivity contribution in [1.82, 2.24) is 15.0 Å². The highest BCUT2D eigenvalue weighted by atomic mass is 35.5. The van der Waals surface area contributed by atoms with Gasteiger partial charge in [0, 0.05) is 30.9 Å². The molecule has 6 nitrogen and oxygen atoms in total. The zero-order valence-corrected chi connectivity index (χ0v) is 15.2. The molecule has 0 unspecified atom stereocenters. The molecular weight excluding hydrogens is 340 g/mol. The largest absolute Gasteiger partial charge is 0.361 e. The Hall–Kier alpha value is -2.08. The maximum absolute atomic E-state index is 13.0. The lowest BCUT2D eigenvalue weighted by Crippen LogP contribution is -2.47. The van der Waals surface area contributed by atoms with E-state index >= 15 is 0 Å². The molecule has 2 atom stereocenters. The summed E-state index contributed by atoms with van der Waals surface area (Å²) < 4.78 is 5.26. The van der Waals surface area contributed by atoms with Crippen molar-refractivity contribution in [1.29, 1.82) is 0 Å². The number of piperidine rings is 1. The average molecular weight is 361 g/mol. The molecule has 25 heavy (non-hydrogen) atoms. The smallest absolute Gasteiger partial charge is 0.228 e. The van der Waals surface area contributed by atoms with Crippen LogP contribution in [0.2, 0.25) is 5.02 Å². The normalized spacial score (nSPS) is 23.2. The van der Waals surface area contributed by atoms with Crippen LogP contribution < -0.4 is 4.90 Å². The fraction of sp³-hybridized carbons (Fsp3) is 0.500. The Balaban J connectivity index is 1.59. The van der Waals surface area contributed by atoms with Crippen LogP contribution in [0.1, 0.15) is 29.9 Å². The van der Waals surface area contributed by atoms with Crippen molar-refractivity contribution < 1.29 is 9.32 Å². The molecule has 3 fully saturated rings. The van der Waals surface area contributed by atoms with E-state index in [4.69, 9.17) is 16.1 Å². The lowest BCUT2D eigenvalue weighted by molar-refractivity contribution is -0.140. The van der Waals surface area contributed by atoms with E-state index < -0.39 is 0 Å². The van der Waals surface area contributed by atoms with Crippen LogP contribution in [0.4, 0.5) is 5.82 Å². The summed E-state index contributed by atoms with van der Waals surface area (Å²) in [7, 11) is 0. The van der Waals surface area contributed by atoms with Gasteiger partial charge in [-0.25, -0.2) is 4.98 Å². The number of nitrogens with zero attached hydrogens (tertiary/aromatic N) is 4. The van der Waals surface area contributed by atoms with E-state index in [-0.39, 0.29) is 17.9 Å². The molecule has 0 spiro atoms. The van der Waals surface area contributed by atoms with Crippen LogP contribution in [0.15, 0.2) is 22.9 Å². The van der Waals surface area contributed by atoms with Gasteiger partial charge in [-0.05, 0) is 38.8 Å². The lowest BCUT2D eigenvalue weighted by Gasteiger charge is -2.35. The Morgan fingerprint density at radius 2 is 2.12 bits per heavy atom. The molecule has 5 heterocycles. The highest BCUT2D eigenvalue weighted by molar-refractivity contribution is 6.30. The number of pyridine rings is 1. The quantitative estimate of drug-likeness (QED) is 0.842. The molecule has 5 rings (SSSR count). The van der Waals surface area contributed by atoms with E-state index in [1.807, 2.05) is 30.9 Å². The van der Waals surface area contributed by atoms with Crippen LogP contribution in [0, 0.1) is 19.8 Å². The Morgan fingerprint density at radius 3 is 2.80 bits per heavy atom. The Bertz CT molecular complexity index is 769. The number of aromatic nitrogens is 2. The maximum Gasteiger partial charge on any atom is 0.228 e. The van der Waals surface area contributed by atoms with Crippen molar-refractivity contribution in [2.45, 2.75) is 39.3 Å². The molecule has 0 radical (unpaired) electrons. The van der Waals surface area contributed by atoms with Crippen molar-refractivity contribution >= 4 is 23.3 Å². The number of carbonyl (C=O) groups is 1. The molecule has 1 amide bonds. The molecule has 132 valence electrons. The molecule has 0 aliphatic carbocycles. The summed E-state index contributed by atoms with van der Waals surface area (Å²) in [4.78, 5) is 21.6. The van der Waals surface area contributed by atoms with Gasteiger partial charge in [0.15, 0.2) is 0 Å². The molecule has 2 aromatic heterocycles. The second kappa shape index (κ2) is 6.33. The summed E-state index contributed by atoms with van der Waals surface area (Å²) in [5.74, 6) is 1.92. The Morgan fingerprint density at radius 1 is 1.28 bits per heavy atom. The van der Waals surface area contributed by atoms with E-state index in [1.165, 1.54) is 0 Å². The predicted octanol–water partition coefficient (Wildman–Crippen LogP) is 2.97. The van der Waals surface area contributed by atoms with Gasteiger partial charge in [0.25, 0.3) is 0 Å². The third-order valence-electron chi connectivity index (χ3n) is 5.34. The number of fused-ring (bicyclic) bond motifs is 4. The van der Waals surface area contributed by atoms with Crippen molar-refractivity contribution in [3.63, 3.8) is 0 Å². The zero-order valence-electron chi connectivity index (χ0n) is 14.4. The number of hydrogen-bond acceptors (Lipinski definition) is 5. The first kappa shape index (κ1) is 16.4. The standard InChI is InChI=1S/C18H21ClN4O2/c1-11-16(12(2)25-21-11)10-23-15-5-3-13(18(23)24)8-22(9-15)17-6-4-14(19)7-20-17/h4,6-7,13,15H,3,5,8-10H2,1-2H3/t13-,15+/m0/s1. The number of anilines is 1. The zero-order chi connectivity index (χ0) is 17.6. The second-order valence-corrected chi connectivity index (χ2v) is 7.37. The van der Waals surface area contributed by atoms with Gasteiger partial charge in [-0.15, -0.1) is 0 Å². The molecule has 0 N–H and O–H groups in total. The van der Waals surface area contributed by atoms with E-state index in [1.54, 1.807) is 6.20 Å². The SMILES string of the molecule is Cc1noc(C)c1CN1C(=O)[C@H]2CC[C@@H]1CN(c1ccc(Cl)cn1)C2. The first-order valence-corrected chi connectivity index (χ1v) is 8.99. The van der Waals surface area contributed by atoms with Gasteiger partial charge in [-0.2, -0.15) is 0 Å². The van der Waals surface area contributed by atoms with Crippen LogP contribution in [0.3, 0.4) is 0 Å². The minimum absolute atomic E-state index is 0.0108. The molecule has 3 aliphatic heterocycles. The van der Waals surface area contributed by atoms with Gasteiger partial charge < -0.3 is 14.3 Å². The molecule has 3 aliphatic rings. The molecule has 0 aromatic carbocycles. The van der Waals surface area contributed by atoms with Crippen LogP contribution in [-0.2, 0) is 11.3 Å². The van der Waals surface area contributed by atoms with E-state index in [2.05, 4.69) is 15.0 Å². The summed E-state index contributed by atoms with van der Waals surface area (Å²) in [6.45, 7) is 5.90. The van der Waals surface area contributed by atoms with Gasteiger partial charge in [-0.3, -0.25) is 4.79 Å². The van der Waals surface area contributed by atoms with Gasteiger partial charge in [0.2, 0.25) is 5.91 Å². The first-order valence-electron chi connectivity index (χ1n) is 8.61. The van der Waals surface area contributed by atoms with Crippen LogP contribution in [0.25, 0.3) is 0 Å². The third kappa shape index (κ3) is 2.99. The summed E-state index contributed by atoms with van der Waals surface area (Å²) in [6, 6.07) is 3.95. The number of halogens is 1. The summed E-state index contributed by atoms with van der Waals surface area (Å²) in [5.41, 5.74) is 1.89. The van der Waals surface area contributed by atoms with Crippen molar-refractivity contribution in [3.8, 4) is 0 Å². The molecule has 2 bridgehead atoms. The van der Waals surface area contributed by atoms with Crippen LogP contribution in [0.5, 0.6) is 0 Å². The second-order valence-electron chi connectivity index (χ2n) is 6.94. The van der Waals surface area contributed by atoms with E-state index in [9.17, 15) is 4.79 Å². The van der Waals surface area contributed by atoms with Crippen molar-refractivity contribution in [2.24, 2.45) is 5.92 Å². The topological polar surface area (TPSA) is 62.5 Å². The summed E-state index contributed by atoms with van der Waals surface area (Å²) in [5, 5.41) is 4.64. The first-order chi connectivity index (χ1) is 12.0. The minimum Gasteiger partial charge on any atom is -0.361 e. The fourth-order valence-corrected chi connectivity index (χ4v) is 4.00. The fourth-order valence-electron chi connectivity index (χ4n) is 3.89. The number of amides is 1. The predicted molar refractivity (Wildman–Crippen MR) is 94.5 cm³/mol. The van der Waals surface area contributed by atoms with Crippen molar-refractivity contribution in [3.05, 3.63) is 40.4 Å². The maximum atomic E-state index is 13.0. The van der Waals surface area contributed by atoms with Gasteiger partial charge in [0.05, 0.1) is 23.2 Å². The minimum atomic E-state index is 0.0108. The number of aryl methyl sites for hydroxylation is 2. The molecule has 3 saturated heterocycles. The van der Waals surface area contributed by atoms with Gasteiger partial charge in [-0.1, -0.05) is 16.8 Å². The molecule has 7 heteroatoms. The number of carbonyl (C=O) groups excluding carboxylic acids is 1. The molecule has 2 aromatic rings. The van der Waals surface area contributed by atoms with Crippen LogP contribution >= 0.6 is 11.6 Å². The van der Waals surface area contributed by atoms with E-state index in [0.29, 0.717) is 18.1 Å². The lowest BCUT2D eigenvalue weighted by atomic mass is 9.93. The van der Waals surface area contributed by atoms with Crippen molar-refractivity contribution in [2.75, 3.05) is 18.0 Å². The number of hydrogen-bond donors (Lipinski definition) is 0. The third-order valence-corrected chi connectivity index (χ3v) is 5.56. The average Bonchev–Trinajstić information content (AvgIpc) is 2.78. The monoisotopic (exact) mass is 360 g/mol. The Labute approximate surface area is 151 Å². The van der Waals surface area contributed by atoms with E-state index in [0.717, 1.165) is 42.2 Å². The number of rotatable bonds is 3. The van der Waals surface area contributed by atoms with Gasteiger partial charge >= 0.3 is 0 Å². The summed E-state index contributed by atoms with van der Waals surface area (Å²) in [6.07, 6.45) is 3.61. The molecule has 0 saturated carbocycles. The molecular formula is C18H21ClN4O2. The van der Waals surface area contributed by atoms with Gasteiger partial charge in [0.1, 0.15) is 11.6 Å². The highest BCUT2D eigenvalue weighted by Crippen LogP contribution is 2.33.